The number of aromatic nitrogens is 2. The van der Waals surface area contributed by atoms with E-state index in [-0.39, 0.29) is 26.5 Å². The molecule has 0 aliphatic carbocycles. The summed E-state index contributed by atoms with van der Waals surface area (Å²) >= 11 is 0. The number of para-hydroxylation sites is 3. The van der Waals surface area contributed by atoms with E-state index in [1.807, 2.05) is 24.4 Å². The first-order valence-electron chi connectivity index (χ1n) is 20.6. The van der Waals surface area contributed by atoms with Gasteiger partial charge in [0.2, 0.25) is 0 Å². The van der Waals surface area contributed by atoms with Crippen molar-refractivity contribution in [1.82, 2.24) is 9.55 Å². The molecule has 7 aromatic carbocycles. The maximum atomic E-state index is 6.66. The molecular weight excluding hydrogens is 944 g/mol. The summed E-state index contributed by atoms with van der Waals surface area (Å²) in [7, 11) is -1.95. The third-order valence-corrected chi connectivity index (χ3v) is 15.9. The van der Waals surface area contributed by atoms with Crippen LogP contribution in [0.1, 0.15) is 26.3 Å². The molecule has 2 aliphatic heterocycles. The minimum atomic E-state index is -1.95. The van der Waals surface area contributed by atoms with Gasteiger partial charge in [0.05, 0.1) is 0 Å². The summed E-state index contributed by atoms with van der Waals surface area (Å²) in [6.07, 6.45) is 1.90. The molecule has 5 nitrogen and oxygen atoms in total. The van der Waals surface area contributed by atoms with Crippen molar-refractivity contribution in [3.63, 3.8) is 0 Å². The fourth-order valence-corrected chi connectivity index (χ4v) is 12.4. The van der Waals surface area contributed by atoms with E-state index < -0.39 is 8.07 Å². The van der Waals surface area contributed by atoms with Crippen molar-refractivity contribution >= 4 is 63.0 Å². The molecule has 0 spiro atoms. The normalized spacial score (nSPS) is 13.9. The van der Waals surface area contributed by atoms with Crippen LogP contribution in [-0.2, 0) is 26.5 Å². The Morgan fingerprint density at radius 3 is 2.16 bits per heavy atom. The largest absolute Gasteiger partial charge is 0.509 e. The molecule has 0 bridgehead atoms. The second-order valence-electron chi connectivity index (χ2n) is 17.4. The van der Waals surface area contributed by atoms with Crippen LogP contribution in [0.2, 0.25) is 13.1 Å². The van der Waals surface area contributed by atoms with Crippen LogP contribution in [0.4, 0.5) is 22.7 Å². The fourth-order valence-electron chi connectivity index (χ4n) is 9.29. The average molecular weight is 987 g/mol. The van der Waals surface area contributed by atoms with Gasteiger partial charge in [0.25, 0.3) is 0 Å². The SMILES string of the molecule is CC(C)(C)c1ccnc(-n2c3[c-]c(Oc4[c-]c(N5[CH-]N(c6c(-c7ccccc7)ccc7c6-c6ccccc6[Si]7(C)C)c6ccccc65)ccc4)ccc3c3ccccc32)c1.[Pt]. The number of hydrogen-bond acceptors (Lipinski definition) is 4. The molecular formula is C54H43N4OPtSi-3. The molecule has 2 aliphatic rings. The maximum Gasteiger partial charge on any atom is 0.135 e. The van der Waals surface area contributed by atoms with Crippen molar-refractivity contribution in [1.29, 1.82) is 0 Å². The van der Waals surface area contributed by atoms with Crippen molar-refractivity contribution in [3.8, 4) is 39.6 Å². The first-order chi connectivity index (χ1) is 29.1. The molecule has 0 radical (unpaired) electrons. The quantitative estimate of drug-likeness (QED) is 0.123. The summed E-state index contributed by atoms with van der Waals surface area (Å²) in [6, 6.07) is 63.5. The van der Waals surface area contributed by atoms with Gasteiger partial charge in [0, 0.05) is 72.5 Å². The van der Waals surface area contributed by atoms with Crippen LogP contribution in [0.25, 0.3) is 49.9 Å². The minimum absolute atomic E-state index is 0. The Labute approximate surface area is 373 Å². The zero-order valence-electron chi connectivity index (χ0n) is 34.7. The minimum Gasteiger partial charge on any atom is -0.509 e. The Hall–Kier alpha value is -6.20. The zero-order valence-corrected chi connectivity index (χ0v) is 38.0. The summed E-state index contributed by atoms with van der Waals surface area (Å²) in [5.41, 5.74) is 12.5. The molecule has 0 N–H and O–H groups in total. The second kappa shape index (κ2) is 14.8. The Kier molecular flexibility index (Phi) is 9.43. The van der Waals surface area contributed by atoms with E-state index in [9.17, 15) is 0 Å². The van der Waals surface area contributed by atoms with Gasteiger partial charge in [-0.1, -0.05) is 136 Å². The second-order valence-corrected chi connectivity index (χ2v) is 21.7. The van der Waals surface area contributed by atoms with Gasteiger partial charge in [-0.3, -0.25) is 0 Å². The van der Waals surface area contributed by atoms with E-state index in [2.05, 4.69) is 207 Å². The number of hydrogen-bond donors (Lipinski definition) is 0. The number of ether oxygens (including phenoxy) is 1. The molecule has 0 amide bonds. The summed E-state index contributed by atoms with van der Waals surface area (Å²) in [5, 5.41) is 5.19. The molecule has 11 rings (SSSR count). The van der Waals surface area contributed by atoms with Crippen molar-refractivity contribution in [2.75, 3.05) is 9.80 Å². The van der Waals surface area contributed by atoms with E-state index >= 15 is 0 Å². The molecule has 0 saturated heterocycles. The molecule has 0 unspecified atom stereocenters. The zero-order chi connectivity index (χ0) is 40.8. The Morgan fingerprint density at radius 1 is 0.623 bits per heavy atom. The van der Waals surface area contributed by atoms with Crippen LogP contribution in [0.15, 0.2) is 164 Å². The fraction of sp³-hybridized carbons (Fsp3) is 0.111. The molecule has 0 atom stereocenters. The van der Waals surface area contributed by atoms with Crippen LogP contribution >= 0.6 is 0 Å². The van der Waals surface area contributed by atoms with Crippen LogP contribution < -0.4 is 24.9 Å². The molecule has 302 valence electrons. The number of fused-ring (bicyclic) bond motifs is 7. The van der Waals surface area contributed by atoms with Gasteiger partial charge < -0.3 is 19.1 Å². The van der Waals surface area contributed by atoms with Gasteiger partial charge in [-0.25, -0.2) is 4.98 Å². The molecule has 9 aromatic rings. The van der Waals surface area contributed by atoms with Crippen molar-refractivity contribution in [2.45, 2.75) is 39.3 Å². The van der Waals surface area contributed by atoms with E-state index in [4.69, 9.17) is 9.72 Å². The van der Waals surface area contributed by atoms with Gasteiger partial charge in [-0.15, -0.1) is 48.1 Å². The topological polar surface area (TPSA) is 33.5 Å². The Morgan fingerprint density at radius 2 is 1.34 bits per heavy atom. The molecule has 0 fully saturated rings. The molecule has 2 aromatic heterocycles. The first-order valence-corrected chi connectivity index (χ1v) is 23.6. The summed E-state index contributed by atoms with van der Waals surface area (Å²) < 4.78 is 8.85. The van der Waals surface area contributed by atoms with Gasteiger partial charge in [0.15, 0.2) is 0 Å². The third-order valence-electron chi connectivity index (χ3n) is 12.3. The van der Waals surface area contributed by atoms with Crippen molar-refractivity contribution in [2.24, 2.45) is 0 Å². The van der Waals surface area contributed by atoms with E-state index in [0.29, 0.717) is 11.5 Å². The monoisotopic (exact) mass is 986 g/mol. The molecule has 4 heterocycles. The van der Waals surface area contributed by atoms with Crippen LogP contribution in [-0.4, -0.2) is 17.6 Å². The Bertz CT molecular complexity index is 3150. The standard InChI is InChI=1S/C54H43N4OSi.Pt/c1-54(2,3)37-30-31-55-51(32-37)58-45-22-11-9-20-42(45)43-27-26-40(34-48(43)58)59-39-19-15-18-38(33-39)56-35-57(47-24-13-12-23-46(47)56)53-41(36-16-7-6-8-17-36)28-29-50-52(53)44-21-10-14-25-49(44)60(50,4)5;/h6-32,35H,1-5H3;/q-3;. The predicted octanol–water partition coefficient (Wildman–Crippen LogP) is 12.7. The van der Waals surface area contributed by atoms with Crippen LogP contribution in [0, 0.1) is 18.8 Å². The summed E-state index contributed by atoms with van der Waals surface area (Å²) in [4.78, 5) is 9.49. The smallest absolute Gasteiger partial charge is 0.135 e. The van der Waals surface area contributed by atoms with Crippen molar-refractivity contribution < 1.29 is 25.8 Å². The number of rotatable bonds is 6. The van der Waals surface area contributed by atoms with E-state index in [0.717, 1.165) is 44.7 Å². The maximum absolute atomic E-state index is 6.66. The molecule has 61 heavy (non-hydrogen) atoms. The number of anilines is 4. The number of benzene rings is 7. The third kappa shape index (κ3) is 6.35. The predicted molar refractivity (Wildman–Crippen MR) is 251 cm³/mol. The van der Waals surface area contributed by atoms with Crippen LogP contribution in [0.5, 0.6) is 11.5 Å². The number of nitrogens with zero attached hydrogens (tertiary/aromatic N) is 4. The first kappa shape index (κ1) is 39.0. The van der Waals surface area contributed by atoms with E-state index in [1.165, 1.54) is 43.9 Å². The number of pyridine rings is 1. The Balaban J connectivity index is 0.00000445. The van der Waals surface area contributed by atoms with Crippen molar-refractivity contribution in [3.05, 3.63) is 188 Å². The van der Waals surface area contributed by atoms with Crippen LogP contribution in [0.3, 0.4) is 0 Å². The van der Waals surface area contributed by atoms with Gasteiger partial charge in [-0.05, 0) is 68.2 Å². The van der Waals surface area contributed by atoms with E-state index in [1.54, 1.807) is 0 Å². The van der Waals surface area contributed by atoms with Gasteiger partial charge in [0.1, 0.15) is 13.9 Å². The summed E-state index contributed by atoms with van der Waals surface area (Å²) in [5.74, 6) is 2.07. The molecule has 7 heteroatoms. The average Bonchev–Trinajstić information content (AvgIpc) is 3.89. The summed E-state index contributed by atoms with van der Waals surface area (Å²) in [6.45, 7) is 13.9. The van der Waals surface area contributed by atoms with Gasteiger partial charge in [-0.2, -0.15) is 12.1 Å². The molecule has 0 saturated carbocycles. The van der Waals surface area contributed by atoms with Gasteiger partial charge >= 0.3 is 0 Å².